The molecule has 8 nitrogen and oxygen atoms in total. The van der Waals surface area contributed by atoms with E-state index in [9.17, 15) is 19.2 Å². The topological polar surface area (TPSA) is 115 Å². The first-order valence-electron chi connectivity index (χ1n) is 5.04. The van der Waals surface area contributed by atoms with Crippen LogP contribution in [-0.2, 0) is 23.9 Å². The molecule has 0 N–H and O–H groups in total. The highest BCUT2D eigenvalue weighted by Gasteiger charge is 2.32. The second-order valence-electron chi connectivity index (χ2n) is 3.58. The fourth-order valence-corrected chi connectivity index (χ4v) is 1.90. The van der Waals surface area contributed by atoms with Crippen molar-refractivity contribution in [2.75, 3.05) is 0 Å². The van der Waals surface area contributed by atoms with E-state index in [1.54, 1.807) is 0 Å². The van der Waals surface area contributed by atoms with Crippen LogP contribution in [0.15, 0.2) is 27.1 Å². The first-order valence-corrected chi connectivity index (χ1v) is 6.20. The summed E-state index contributed by atoms with van der Waals surface area (Å²) in [6.07, 6.45) is 3.19. The Morgan fingerprint density at radius 3 is 2.00 bits per heavy atom. The van der Waals surface area contributed by atoms with Crippen LogP contribution in [-0.4, -0.2) is 46.0 Å². The molecule has 1 unspecified atom stereocenters. The van der Waals surface area contributed by atoms with E-state index in [4.69, 9.17) is 4.74 Å². The number of carbonyl (C=O) groups excluding carboxylic acids is 4. The maximum absolute atomic E-state index is 11.3. The van der Waals surface area contributed by atoms with Crippen LogP contribution in [0.25, 0.3) is 0 Å². The van der Waals surface area contributed by atoms with E-state index < -0.39 is 17.5 Å². The molecule has 19 heavy (non-hydrogen) atoms. The zero-order chi connectivity index (χ0) is 14.9. The number of rotatable bonds is 7. The van der Waals surface area contributed by atoms with Crippen LogP contribution in [0.5, 0.6) is 0 Å². The van der Waals surface area contributed by atoms with Crippen LogP contribution in [0, 0.1) is 0 Å². The molecule has 0 aliphatic heterocycles. The van der Waals surface area contributed by atoms with Gasteiger partial charge < -0.3 is 4.74 Å². The molecule has 0 aromatic carbocycles. The Morgan fingerprint density at radius 1 is 1.26 bits per heavy atom. The lowest BCUT2D eigenvalue weighted by Gasteiger charge is -2.20. The molecule has 9 heteroatoms. The second kappa shape index (κ2) is 7.81. The lowest BCUT2D eigenvalue weighted by molar-refractivity contribution is -0.141. The Morgan fingerprint density at radius 2 is 1.68 bits per heavy atom. The number of isocyanates is 3. The monoisotopic (exact) mass is 281 g/mol. The van der Waals surface area contributed by atoms with E-state index in [1.807, 2.05) is 0 Å². The van der Waals surface area contributed by atoms with Gasteiger partial charge in [-0.3, -0.25) is 0 Å². The zero-order valence-corrected chi connectivity index (χ0v) is 12.4. The normalized spacial score (nSPS) is 13.7. The van der Waals surface area contributed by atoms with Gasteiger partial charge in [0.25, 0.3) is 5.79 Å². The van der Waals surface area contributed by atoms with E-state index >= 15 is 0 Å². The molecule has 0 heterocycles. The molecule has 100 valence electrons. The van der Waals surface area contributed by atoms with Crippen LogP contribution in [0.2, 0.25) is 0 Å². The molecule has 0 amide bonds. The lowest BCUT2D eigenvalue weighted by atomic mass is 10.2. The van der Waals surface area contributed by atoms with Crippen molar-refractivity contribution in [1.29, 1.82) is 0 Å². The molecular formula is C10H11N3O5Si. The van der Waals surface area contributed by atoms with Crippen molar-refractivity contribution in [3.8, 4) is 0 Å². The van der Waals surface area contributed by atoms with Crippen molar-refractivity contribution in [2.45, 2.75) is 24.9 Å². The highest BCUT2D eigenvalue weighted by molar-refractivity contribution is 6.12. The summed E-state index contributed by atoms with van der Waals surface area (Å²) in [6.45, 7) is 4.86. The summed E-state index contributed by atoms with van der Waals surface area (Å²) in [5, 5.41) is 0. The lowest BCUT2D eigenvalue weighted by Crippen LogP contribution is -2.31. The van der Waals surface area contributed by atoms with Crippen LogP contribution in [0.1, 0.15) is 13.3 Å². The van der Waals surface area contributed by atoms with Gasteiger partial charge in [0.1, 0.15) is 0 Å². The highest BCUT2D eigenvalue weighted by atomic mass is 28.1. The van der Waals surface area contributed by atoms with Gasteiger partial charge in [-0.15, -0.1) is 0 Å². The molecule has 0 aliphatic rings. The number of hydrogen-bond acceptors (Lipinski definition) is 8. The molecule has 1 atom stereocenters. The predicted molar refractivity (Wildman–Crippen MR) is 66.3 cm³/mol. The standard InChI is InChI=1S/C10H11N3O5Si/c1-7(2)9(17)18-8(19)3-10(11-4-14,12-5-15)13-6-16/h8H,1,3H2,2,19H3. The summed E-state index contributed by atoms with van der Waals surface area (Å²) in [7, 11) is 0.331. The first-order chi connectivity index (χ1) is 8.90. The third-order valence-corrected chi connectivity index (χ3v) is 2.54. The third-order valence-electron chi connectivity index (χ3n) is 1.89. The maximum atomic E-state index is 11.3. The van der Waals surface area contributed by atoms with Gasteiger partial charge in [0, 0.05) is 12.0 Å². The van der Waals surface area contributed by atoms with Gasteiger partial charge in [0.15, 0.2) is 0 Å². The molecule has 0 spiro atoms. The highest BCUT2D eigenvalue weighted by Crippen LogP contribution is 2.21. The number of nitrogens with zero attached hydrogens (tertiary/aromatic N) is 3. The molecule has 0 bridgehead atoms. The average Bonchev–Trinajstić information content (AvgIpc) is 2.29. The van der Waals surface area contributed by atoms with Gasteiger partial charge in [-0.05, 0) is 6.92 Å². The summed E-state index contributed by atoms with van der Waals surface area (Å²) in [4.78, 5) is 51.7. The quantitative estimate of drug-likeness (QED) is 0.192. The molecule has 0 saturated carbocycles. The molecule has 0 radical (unpaired) electrons. The van der Waals surface area contributed by atoms with E-state index in [-0.39, 0.29) is 12.0 Å². The van der Waals surface area contributed by atoms with Gasteiger partial charge in [-0.25, -0.2) is 19.2 Å². The van der Waals surface area contributed by atoms with Crippen LogP contribution < -0.4 is 0 Å². The van der Waals surface area contributed by atoms with Crippen LogP contribution in [0.4, 0.5) is 0 Å². The summed E-state index contributed by atoms with van der Waals surface area (Å²) in [5.74, 6) is -2.67. The Kier molecular flexibility index (Phi) is 6.81. The number of esters is 1. The zero-order valence-electron chi connectivity index (χ0n) is 10.4. The number of hydrogen-bond donors (Lipinski definition) is 0. The Hall–Kier alpha value is -2.43. The SMILES string of the molecule is C=C(C)C(=O)OC([SiH3])CC(N=C=O)(N=C=O)N=C=O. The van der Waals surface area contributed by atoms with Gasteiger partial charge in [-0.2, -0.15) is 15.0 Å². The van der Waals surface area contributed by atoms with Crippen molar-refractivity contribution in [2.24, 2.45) is 15.0 Å². The van der Waals surface area contributed by atoms with E-state index in [0.29, 0.717) is 10.2 Å². The molecule has 0 aromatic heterocycles. The number of carbonyl (C=O) groups is 1. The number of aliphatic imine (C=N–C) groups is 3. The summed E-state index contributed by atoms with van der Waals surface area (Å²) >= 11 is 0. The Labute approximate surface area is 111 Å². The van der Waals surface area contributed by atoms with Crippen LogP contribution in [0.3, 0.4) is 0 Å². The van der Waals surface area contributed by atoms with Gasteiger partial charge >= 0.3 is 5.97 Å². The minimum Gasteiger partial charge on any atom is -0.464 e. The summed E-state index contributed by atoms with van der Waals surface area (Å²) in [6, 6.07) is 0. The van der Waals surface area contributed by atoms with Crippen LogP contribution >= 0.6 is 0 Å². The molecule has 0 saturated heterocycles. The van der Waals surface area contributed by atoms with Gasteiger partial charge in [-0.1, -0.05) is 6.58 Å². The second-order valence-corrected chi connectivity index (χ2v) is 4.87. The van der Waals surface area contributed by atoms with Crippen molar-refractivity contribution in [3.05, 3.63) is 12.2 Å². The van der Waals surface area contributed by atoms with Gasteiger partial charge in [0.05, 0.1) is 16.0 Å². The maximum Gasteiger partial charge on any atom is 0.333 e. The number of ether oxygens (including phenoxy) is 1. The fourth-order valence-electron chi connectivity index (χ4n) is 1.14. The largest absolute Gasteiger partial charge is 0.464 e. The fraction of sp³-hybridized carbons (Fsp3) is 0.400. The minimum atomic E-state index is -2.02. The summed E-state index contributed by atoms with van der Waals surface area (Å²) in [5.41, 5.74) is -0.515. The predicted octanol–water partition coefficient (Wildman–Crippen LogP) is -1.15. The van der Waals surface area contributed by atoms with Crippen molar-refractivity contribution < 1.29 is 23.9 Å². The molecular weight excluding hydrogens is 270 g/mol. The van der Waals surface area contributed by atoms with E-state index in [2.05, 4.69) is 21.6 Å². The minimum absolute atomic E-state index is 0.183. The van der Waals surface area contributed by atoms with Gasteiger partial charge in [0.2, 0.25) is 18.2 Å². The Bertz CT molecular complexity index is 468. The molecule has 0 aromatic rings. The smallest absolute Gasteiger partial charge is 0.333 e. The molecule has 0 rings (SSSR count). The van der Waals surface area contributed by atoms with Crippen molar-refractivity contribution in [3.63, 3.8) is 0 Å². The molecule has 0 aliphatic carbocycles. The van der Waals surface area contributed by atoms with E-state index in [1.165, 1.54) is 6.92 Å². The van der Waals surface area contributed by atoms with Crippen molar-refractivity contribution in [1.82, 2.24) is 0 Å². The van der Waals surface area contributed by atoms with Crippen molar-refractivity contribution >= 4 is 34.5 Å². The molecule has 0 fully saturated rings. The summed E-state index contributed by atoms with van der Waals surface area (Å²) < 4.78 is 4.96. The first kappa shape index (κ1) is 16.6. The third kappa shape index (κ3) is 5.63. The average molecular weight is 281 g/mol. The Balaban J connectivity index is 5.16. The van der Waals surface area contributed by atoms with E-state index in [0.717, 1.165) is 18.2 Å².